The number of anilines is 2. The van der Waals surface area contributed by atoms with Crippen LogP contribution in [0.5, 0.6) is 0 Å². The Balaban J connectivity index is 1.33. The minimum Gasteiger partial charge on any atom is -0.355 e. The van der Waals surface area contributed by atoms with Crippen molar-refractivity contribution in [3.05, 3.63) is 167 Å². The highest BCUT2D eigenvalue weighted by molar-refractivity contribution is 7.25. The summed E-state index contributed by atoms with van der Waals surface area (Å²) >= 11 is 1.86. The number of thiophene rings is 1. The fourth-order valence-electron chi connectivity index (χ4n) is 7.56. The molecule has 0 saturated carbocycles. The Kier molecular flexibility index (Phi) is 6.76. The number of fused-ring (bicyclic) bond motifs is 6. The van der Waals surface area contributed by atoms with E-state index in [1.807, 2.05) is 11.3 Å². The van der Waals surface area contributed by atoms with Gasteiger partial charge in [-0.3, -0.25) is 0 Å². The summed E-state index contributed by atoms with van der Waals surface area (Å²) < 4.78 is 2.65. The Morgan fingerprint density at radius 3 is 1.66 bits per heavy atom. The summed E-state index contributed by atoms with van der Waals surface area (Å²) in [5.74, 6) is 0. The molecule has 0 spiro atoms. The molecule has 7 aromatic rings. The third-order valence-corrected chi connectivity index (χ3v) is 11.2. The molecule has 1 aliphatic rings. The lowest BCUT2D eigenvalue weighted by molar-refractivity contribution is 0.588. The van der Waals surface area contributed by atoms with Gasteiger partial charge < -0.3 is 5.32 Å². The summed E-state index contributed by atoms with van der Waals surface area (Å²) in [6, 6.07) is 50.3. The van der Waals surface area contributed by atoms with Crippen molar-refractivity contribution in [1.82, 2.24) is 0 Å². The maximum atomic E-state index is 3.81. The fourth-order valence-corrected chi connectivity index (χ4v) is 8.64. The second-order valence-corrected chi connectivity index (χ2v) is 16.2. The molecule has 1 heterocycles. The van der Waals surface area contributed by atoms with Crippen molar-refractivity contribution in [1.29, 1.82) is 0 Å². The first-order valence-corrected chi connectivity index (χ1v) is 17.5. The summed E-state index contributed by atoms with van der Waals surface area (Å²) in [6.07, 6.45) is 0. The number of nitrogens with one attached hydrogen (secondary N) is 1. The van der Waals surface area contributed by atoms with Crippen molar-refractivity contribution in [2.45, 2.75) is 57.8 Å². The highest BCUT2D eigenvalue weighted by Gasteiger charge is 2.46. The molecule has 0 aliphatic heterocycles. The molecule has 0 unspecified atom stereocenters. The molecule has 2 heteroatoms. The molecule has 1 aliphatic carbocycles. The van der Waals surface area contributed by atoms with Gasteiger partial charge in [-0.25, -0.2) is 0 Å². The lowest BCUT2D eigenvalue weighted by atomic mass is 9.67. The van der Waals surface area contributed by atoms with Gasteiger partial charge in [-0.15, -0.1) is 11.3 Å². The zero-order chi connectivity index (χ0) is 32.6. The van der Waals surface area contributed by atoms with Crippen molar-refractivity contribution in [3.63, 3.8) is 0 Å². The van der Waals surface area contributed by atoms with Crippen LogP contribution >= 0.6 is 11.3 Å². The van der Waals surface area contributed by atoms with Gasteiger partial charge in [0.25, 0.3) is 0 Å². The summed E-state index contributed by atoms with van der Waals surface area (Å²) in [7, 11) is 0. The average Bonchev–Trinajstić information content (AvgIpc) is 3.57. The third kappa shape index (κ3) is 4.81. The van der Waals surface area contributed by atoms with E-state index in [0.29, 0.717) is 0 Å². The smallest absolute Gasteiger partial charge is 0.0714 e. The van der Waals surface area contributed by atoms with Gasteiger partial charge in [-0.2, -0.15) is 0 Å². The van der Waals surface area contributed by atoms with E-state index in [-0.39, 0.29) is 10.8 Å². The van der Waals surface area contributed by atoms with Gasteiger partial charge in [-0.1, -0.05) is 139 Å². The summed E-state index contributed by atoms with van der Waals surface area (Å²) in [5, 5.41) is 6.43. The van der Waals surface area contributed by atoms with Gasteiger partial charge >= 0.3 is 0 Å². The van der Waals surface area contributed by atoms with Crippen LogP contribution in [0.25, 0.3) is 31.3 Å². The Morgan fingerprint density at radius 2 is 1.00 bits per heavy atom. The predicted molar refractivity (Wildman–Crippen MR) is 204 cm³/mol. The van der Waals surface area contributed by atoms with Crippen LogP contribution < -0.4 is 5.32 Å². The first kappa shape index (κ1) is 29.7. The molecule has 8 rings (SSSR count). The average molecular weight is 628 g/mol. The van der Waals surface area contributed by atoms with Crippen molar-refractivity contribution in [2.75, 3.05) is 5.32 Å². The van der Waals surface area contributed by atoms with Crippen LogP contribution in [0.2, 0.25) is 0 Å². The standard InChI is InChI=1S/C45H41NS/c1-43(2,3)29-15-19-31(20-16-29)45(32-21-17-30(18-22-32)44(4,5)6)39-13-9-7-11-35(39)36-25-23-34(28-40(36)45)46-33-24-26-42-38(27-33)37-12-8-10-14-41(37)47-42/h7-28,46H,1-6H3. The van der Waals surface area contributed by atoms with Gasteiger partial charge in [-0.05, 0) is 91.7 Å². The van der Waals surface area contributed by atoms with E-state index in [4.69, 9.17) is 0 Å². The largest absolute Gasteiger partial charge is 0.355 e. The molecule has 0 radical (unpaired) electrons. The van der Waals surface area contributed by atoms with Crippen molar-refractivity contribution >= 4 is 42.9 Å². The van der Waals surface area contributed by atoms with Gasteiger partial charge in [0.2, 0.25) is 0 Å². The van der Waals surface area contributed by atoms with Gasteiger partial charge in [0, 0.05) is 31.5 Å². The fraction of sp³-hybridized carbons (Fsp3) is 0.200. The van der Waals surface area contributed by atoms with Gasteiger partial charge in [0.1, 0.15) is 0 Å². The van der Waals surface area contributed by atoms with E-state index in [9.17, 15) is 0 Å². The molecule has 6 aromatic carbocycles. The summed E-state index contributed by atoms with van der Waals surface area (Å²) in [5.41, 5.74) is 12.4. The van der Waals surface area contributed by atoms with Crippen LogP contribution in [-0.4, -0.2) is 0 Å². The van der Waals surface area contributed by atoms with Crippen LogP contribution in [0, 0.1) is 0 Å². The molecule has 1 nitrogen and oxygen atoms in total. The zero-order valence-corrected chi connectivity index (χ0v) is 28.9. The van der Waals surface area contributed by atoms with E-state index >= 15 is 0 Å². The minimum atomic E-state index is -0.454. The SMILES string of the molecule is CC(C)(C)c1ccc(C2(c3ccc(C(C)(C)C)cc3)c3ccccc3-c3ccc(Nc4ccc5sc6ccccc6c5c4)cc32)cc1. The molecule has 0 atom stereocenters. The predicted octanol–water partition coefficient (Wildman–Crippen LogP) is 12.8. The molecule has 0 saturated heterocycles. The number of rotatable bonds is 4. The quantitative estimate of drug-likeness (QED) is 0.205. The Labute approximate surface area is 282 Å². The maximum Gasteiger partial charge on any atom is 0.0714 e. The minimum absolute atomic E-state index is 0.0809. The summed E-state index contributed by atoms with van der Waals surface area (Å²) in [4.78, 5) is 0. The van der Waals surface area contributed by atoms with Gasteiger partial charge in [0.05, 0.1) is 5.41 Å². The molecular formula is C45H41NS. The second kappa shape index (κ2) is 10.7. The monoisotopic (exact) mass is 627 g/mol. The molecule has 47 heavy (non-hydrogen) atoms. The van der Waals surface area contributed by atoms with E-state index in [0.717, 1.165) is 11.4 Å². The van der Waals surface area contributed by atoms with Crippen LogP contribution in [0.15, 0.2) is 133 Å². The maximum absolute atomic E-state index is 3.81. The van der Waals surface area contributed by atoms with Crippen LogP contribution in [0.4, 0.5) is 11.4 Å². The highest BCUT2D eigenvalue weighted by Crippen LogP contribution is 2.57. The Morgan fingerprint density at radius 1 is 0.468 bits per heavy atom. The first-order valence-electron chi connectivity index (χ1n) is 16.7. The molecule has 0 fully saturated rings. The molecule has 1 aromatic heterocycles. The molecule has 0 bridgehead atoms. The lowest BCUT2D eigenvalue weighted by Gasteiger charge is -2.35. The van der Waals surface area contributed by atoms with Crippen molar-refractivity contribution in [3.8, 4) is 11.1 Å². The molecule has 232 valence electrons. The normalized spacial score (nSPS) is 13.9. The summed E-state index contributed by atoms with van der Waals surface area (Å²) in [6.45, 7) is 13.7. The molecule has 0 amide bonds. The number of benzene rings is 6. The Hall–Kier alpha value is -4.66. The van der Waals surface area contributed by atoms with Crippen LogP contribution in [0.1, 0.15) is 74.9 Å². The first-order chi connectivity index (χ1) is 22.5. The molecular weight excluding hydrogens is 587 g/mol. The van der Waals surface area contributed by atoms with Gasteiger partial charge in [0.15, 0.2) is 0 Å². The van der Waals surface area contributed by atoms with E-state index in [2.05, 4.69) is 180 Å². The van der Waals surface area contributed by atoms with E-state index in [1.165, 1.54) is 64.7 Å². The third-order valence-electron chi connectivity index (χ3n) is 10.1. The number of hydrogen-bond donors (Lipinski definition) is 1. The Bertz CT molecular complexity index is 2210. The lowest BCUT2D eigenvalue weighted by Crippen LogP contribution is -2.29. The highest BCUT2D eigenvalue weighted by atomic mass is 32.1. The van der Waals surface area contributed by atoms with Crippen molar-refractivity contribution in [2.24, 2.45) is 0 Å². The second-order valence-electron chi connectivity index (χ2n) is 15.1. The van der Waals surface area contributed by atoms with E-state index < -0.39 is 5.41 Å². The topological polar surface area (TPSA) is 12.0 Å². The number of hydrogen-bond acceptors (Lipinski definition) is 2. The van der Waals surface area contributed by atoms with Crippen molar-refractivity contribution < 1.29 is 0 Å². The van der Waals surface area contributed by atoms with Crippen LogP contribution in [0.3, 0.4) is 0 Å². The van der Waals surface area contributed by atoms with Crippen LogP contribution in [-0.2, 0) is 16.2 Å². The van der Waals surface area contributed by atoms with E-state index in [1.54, 1.807) is 0 Å². The zero-order valence-electron chi connectivity index (χ0n) is 28.1. The molecule has 1 N–H and O–H groups in total.